The van der Waals surface area contributed by atoms with Gasteiger partial charge in [0.25, 0.3) is 0 Å². The summed E-state index contributed by atoms with van der Waals surface area (Å²) in [5, 5.41) is 12.0. The Kier molecular flexibility index (Phi) is 4.63. The molecule has 2 atom stereocenters. The quantitative estimate of drug-likeness (QED) is 0.891. The molecule has 2 N–H and O–H groups in total. The van der Waals surface area contributed by atoms with Crippen LogP contribution in [0.15, 0.2) is 30.3 Å². The summed E-state index contributed by atoms with van der Waals surface area (Å²) in [6, 6.07) is 7.72. The van der Waals surface area contributed by atoms with Gasteiger partial charge in [0, 0.05) is 12.5 Å². The summed E-state index contributed by atoms with van der Waals surface area (Å²) in [5.74, 6) is -1.48. The van der Waals surface area contributed by atoms with E-state index in [0.29, 0.717) is 25.0 Å². The Balaban J connectivity index is 2.07. The van der Waals surface area contributed by atoms with Crippen LogP contribution in [0, 0.1) is 5.92 Å². The lowest BCUT2D eigenvalue weighted by Crippen LogP contribution is -2.43. The fourth-order valence-corrected chi connectivity index (χ4v) is 2.65. The van der Waals surface area contributed by atoms with Gasteiger partial charge in [0.05, 0.1) is 5.60 Å². The molecule has 0 aliphatic carbocycles. The van der Waals surface area contributed by atoms with E-state index in [1.807, 2.05) is 19.9 Å². The molecular weight excluding hydrogens is 270 g/mol. The zero-order valence-corrected chi connectivity index (χ0v) is 12.3. The maximum atomic E-state index is 12.3. The second kappa shape index (κ2) is 6.26. The highest BCUT2D eigenvalue weighted by molar-refractivity contribution is 5.86. The molecule has 0 bridgehead atoms. The fourth-order valence-electron chi connectivity index (χ4n) is 2.65. The molecule has 21 heavy (non-hydrogen) atoms. The highest BCUT2D eigenvalue weighted by Gasteiger charge is 2.34. The fraction of sp³-hybridized carbons (Fsp3) is 0.500. The smallest absolute Gasteiger partial charge is 0.330 e. The van der Waals surface area contributed by atoms with Gasteiger partial charge >= 0.3 is 5.97 Å². The van der Waals surface area contributed by atoms with E-state index < -0.39 is 12.0 Å². The summed E-state index contributed by atoms with van der Waals surface area (Å²) in [4.78, 5) is 23.8. The van der Waals surface area contributed by atoms with Gasteiger partial charge in [0.15, 0.2) is 6.04 Å². The number of hydrogen-bond acceptors (Lipinski definition) is 3. The maximum absolute atomic E-state index is 12.3. The van der Waals surface area contributed by atoms with E-state index in [9.17, 15) is 14.7 Å². The van der Waals surface area contributed by atoms with E-state index in [1.54, 1.807) is 24.3 Å². The van der Waals surface area contributed by atoms with Crippen molar-refractivity contribution in [2.75, 3.05) is 6.61 Å². The number of ether oxygens (including phenoxy) is 1. The third kappa shape index (κ3) is 4.04. The average Bonchev–Trinajstić information content (AvgIpc) is 2.44. The van der Waals surface area contributed by atoms with Crippen molar-refractivity contribution in [3.05, 3.63) is 35.9 Å². The van der Waals surface area contributed by atoms with Crippen LogP contribution in [-0.2, 0) is 14.3 Å². The molecule has 1 aromatic rings. The van der Waals surface area contributed by atoms with Crippen LogP contribution in [0.1, 0.15) is 38.3 Å². The number of amides is 1. The van der Waals surface area contributed by atoms with Crippen LogP contribution in [-0.4, -0.2) is 29.2 Å². The summed E-state index contributed by atoms with van der Waals surface area (Å²) in [6.45, 7) is 4.41. The van der Waals surface area contributed by atoms with Gasteiger partial charge in [-0.2, -0.15) is 0 Å². The van der Waals surface area contributed by atoms with Crippen molar-refractivity contribution in [1.82, 2.24) is 5.32 Å². The summed E-state index contributed by atoms with van der Waals surface area (Å²) < 4.78 is 5.59. The van der Waals surface area contributed by atoms with E-state index in [1.165, 1.54) is 0 Å². The number of rotatable bonds is 4. The monoisotopic (exact) mass is 291 g/mol. The van der Waals surface area contributed by atoms with Crippen LogP contribution in [0.5, 0.6) is 0 Å². The van der Waals surface area contributed by atoms with Crippen LogP contribution in [0.4, 0.5) is 0 Å². The van der Waals surface area contributed by atoms with Crippen LogP contribution >= 0.6 is 0 Å². The second-order valence-electron chi connectivity index (χ2n) is 5.99. The third-order valence-corrected chi connectivity index (χ3v) is 3.73. The number of carbonyl (C=O) groups is 2. The van der Waals surface area contributed by atoms with Gasteiger partial charge in [-0.3, -0.25) is 4.79 Å². The Labute approximate surface area is 124 Å². The minimum Gasteiger partial charge on any atom is -0.479 e. The van der Waals surface area contributed by atoms with Gasteiger partial charge in [-0.1, -0.05) is 30.3 Å². The van der Waals surface area contributed by atoms with Crippen molar-refractivity contribution in [1.29, 1.82) is 0 Å². The number of carboxylic acid groups (broad SMARTS) is 1. The van der Waals surface area contributed by atoms with Gasteiger partial charge < -0.3 is 15.2 Å². The lowest BCUT2D eigenvalue weighted by Gasteiger charge is -2.35. The van der Waals surface area contributed by atoms with Crippen molar-refractivity contribution in [3.63, 3.8) is 0 Å². The van der Waals surface area contributed by atoms with Gasteiger partial charge in [-0.25, -0.2) is 4.79 Å². The molecule has 2 rings (SSSR count). The largest absolute Gasteiger partial charge is 0.479 e. The molecular formula is C16H21NO4. The van der Waals surface area contributed by atoms with Gasteiger partial charge in [0.2, 0.25) is 5.91 Å². The maximum Gasteiger partial charge on any atom is 0.330 e. The lowest BCUT2D eigenvalue weighted by atomic mass is 9.87. The average molecular weight is 291 g/mol. The van der Waals surface area contributed by atoms with Crippen LogP contribution in [0.25, 0.3) is 0 Å². The van der Waals surface area contributed by atoms with Crippen molar-refractivity contribution in [3.8, 4) is 0 Å². The first-order chi connectivity index (χ1) is 9.89. The molecule has 1 aromatic carbocycles. The second-order valence-corrected chi connectivity index (χ2v) is 5.99. The zero-order chi connectivity index (χ0) is 15.5. The first kappa shape index (κ1) is 15.5. The van der Waals surface area contributed by atoms with Crippen molar-refractivity contribution >= 4 is 11.9 Å². The Bertz CT molecular complexity index is 512. The van der Waals surface area contributed by atoms with Crippen molar-refractivity contribution < 1.29 is 19.4 Å². The predicted molar refractivity (Wildman–Crippen MR) is 77.7 cm³/mol. The van der Waals surface area contributed by atoms with E-state index in [0.717, 1.165) is 0 Å². The number of nitrogens with one attached hydrogen (secondary N) is 1. The normalized spacial score (nSPS) is 22.3. The van der Waals surface area contributed by atoms with E-state index in [2.05, 4.69) is 5.32 Å². The van der Waals surface area contributed by atoms with Gasteiger partial charge in [-0.05, 0) is 32.3 Å². The Morgan fingerprint density at radius 2 is 2.00 bits per heavy atom. The Morgan fingerprint density at radius 3 is 2.57 bits per heavy atom. The van der Waals surface area contributed by atoms with Gasteiger partial charge in [0.1, 0.15) is 0 Å². The van der Waals surface area contributed by atoms with Crippen LogP contribution < -0.4 is 5.32 Å². The molecule has 1 fully saturated rings. The molecule has 0 radical (unpaired) electrons. The van der Waals surface area contributed by atoms with E-state index in [-0.39, 0.29) is 17.4 Å². The molecule has 1 aliphatic heterocycles. The predicted octanol–water partition coefficient (Wildman–Crippen LogP) is 2.13. The standard InChI is InChI=1S/C16H21NO4/c1-16(2)10-12(8-9-21-16)14(18)17-13(15(19)20)11-6-4-3-5-7-11/h3-7,12-13H,8-10H2,1-2H3,(H,17,18)(H,19,20)/t12-,13+/m1/s1. The van der Waals surface area contributed by atoms with Crippen molar-refractivity contribution in [2.24, 2.45) is 5.92 Å². The molecule has 1 saturated heterocycles. The molecule has 0 unspecified atom stereocenters. The number of carbonyl (C=O) groups excluding carboxylic acids is 1. The number of carboxylic acids is 1. The first-order valence-corrected chi connectivity index (χ1v) is 7.11. The Hall–Kier alpha value is -1.88. The van der Waals surface area contributed by atoms with Crippen LogP contribution in [0.3, 0.4) is 0 Å². The molecule has 0 saturated carbocycles. The molecule has 1 aliphatic rings. The minimum atomic E-state index is -1.05. The number of hydrogen-bond donors (Lipinski definition) is 2. The highest BCUT2D eigenvalue weighted by Crippen LogP contribution is 2.29. The summed E-state index contributed by atoms with van der Waals surface area (Å²) in [6.07, 6.45) is 1.22. The topological polar surface area (TPSA) is 75.6 Å². The van der Waals surface area contributed by atoms with Crippen molar-refractivity contribution in [2.45, 2.75) is 38.3 Å². The molecule has 1 heterocycles. The summed E-state index contributed by atoms with van der Waals surface area (Å²) >= 11 is 0. The number of aliphatic carboxylic acids is 1. The molecule has 114 valence electrons. The number of benzene rings is 1. The van der Waals surface area contributed by atoms with Gasteiger partial charge in [-0.15, -0.1) is 0 Å². The van der Waals surface area contributed by atoms with Crippen LogP contribution in [0.2, 0.25) is 0 Å². The molecule has 5 heteroatoms. The van der Waals surface area contributed by atoms with E-state index >= 15 is 0 Å². The molecule has 0 spiro atoms. The Morgan fingerprint density at radius 1 is 1.33 bits per heavy atom. The third-order valence-electron chi connectivity index (χ3n) is 3.73. The molecule has 1 amide bonds. The van der Waals surface area contributed by atoms with E-state index in [4.69, 9.17) is 4.74 Å². The summed E-state index contributed by atoms with van der Waals surface area (Å²) in [7, 11) is 0. The highest BCUT2D eigenvalue weighted by atomic mass is 16.5. The molecule has 5 nitrogen and oxygen atoms in total. The minimum absolute atomic E-state index is 0.209. The molecule has 0 aromatic heterocycles. The summed E-state index contributed by atoms with van der Waals surface area (Å²) in [5.41, 5.74) is 0.232. The lowest BCUT2D eigenvalue weighted by molar-refractivity contribution is -0.145. The SMILES string of the molecule is CC1(C)C[C@H](C(=O)N[C@H](C(=O)O)c2ccccc2)CCO1. The zero-order valence-electron chi connectivity index (χ0n) is 12.3. The first-order valence-electron chi connectivity index (χ1n) is 7.11.